The normalized spacial score (nSPS) is 25.2. The Balaban J connectivity index is 1.68. The Hall–Kier alpha value is -2.89. The fourth-order valence-corrected chi connectivity index (χ4v) is 4.63. The van der Waals surface area contributed by atoms with Crippen LogP contribution in [0.3, 0.4) is 0 Å². The first-order chi connectivity index (χ1) is 13.1. The quantitative estimate of drug-likeness (QED) is 0.724. The van der Waals surface area contributed by atoms with Gasteiger partial charge in [0.2, 0.25) is 0 Å². The Kier molecular flexibility index (Phi) is 4.00. The summed E-state index contributed by atoms with van der Waals surface area (Å²) in [5.41, 5.74) is 2.02. The molecule has 1 fully saturated rings. The van der Waals surface area contributed by atoms with E-state index in [0.29, 0.717) is 0 Å². The molecule has 3 aliphatic rings. The molecule has 5 nitrogen and oxygen atoms in total. The molecule has 1 saturated carbocycles. The number of aromatic hydroxyl groups is 1. The number of carboxylic acid groups (broad SMARTS) is 1. The second-order valence-electron chi connectivity index (χ2n) is 8.49. The maximum atomic E-state index is 13.9. The summed E-state index contributed by atoms with van der Waals surface area (Å²) in [6.07, 6.45) is 4.22. The fourth-order valence-electron chi connectivity index (χ4n) is 4.63. The number of carbonyl (C=O) groups is 2. The van der Waals surface area contributed by atoms with E-state index in [9.17, 15) is 19.1 Å². The van der Waals surface area contributed by atoms with E-state index in [0.717, 1.165) is 48.9 Å². The molecule has 3 N–H and O–H groups in total. The van der Waals surface area contributed by atoms with Crippen molar-refractivity contribution in [2.24, 2.45) is 0 Å². The first-order valence-electron chi connectivity index (χ1n) is 9.35. The Morgan fingerprint density at radius 2 is 1.54 bits per heavy atom. The van der Waals surface area contributed by atoms with Crippen LogP contribution < -0.4 is 5.32 Å². The number of benzene rings is 2. The number of fused-ring (bicyclic) bond motifs is 2. The van der Waals surface area contributed by atoms with E-state index in [1.807, 2.05) is 0 Å². The average Bonchev–Trinajstić information content (AvgIpc) is 2.63. The zero-order valence-electron chi connectivity index (χ0n) is 15.8. The van der Waals surface area contributed by atoms with Crippen LogP contribution in [0.15, 0.2) is 30.3 Å². The highest BCUT2D eigenvalue weighted by atomic mass is 19.1. The van der Waals surface area contributed by atoms with Crippen molar-refractivity contribution in [3.8, 4) is 5.75 Å². The van der Waals surface area contributed by atoms with Gasteiger partial charge in [-0.05, 0) is 78.0 Å². The van der Waals surface area contributed by atoms with Gasteiger partial charge in [-0.3, -0.25) is 4.79 Å². The molecule has 0 saturated heterocycles. The van der Waals surface area contributed by atoms with Crippen LogP contribution in [0.1, 0.15) is 71.4 Å². The fraction of sp³-hybridized carbons (Fsp3) is 0.364. The number of hydrogen-bond acceptors (Lipinski definition) is 3. The highest BCUT2D eigenvalue weighted by molar-refractivity contribution is 6.06. The third kappa shape index (κ3) is 2.75. The number of anilines is 1. The first kappa shape index (κ1) is 18.5. The largest absolute Gasteiger partial charge is 0.507 e. The number of carboxylic acids is 1. The number of phenolic OH excluding ortho intramolecular Hbond substituents is 1. The van der Waals surface area contributed by atoms with Gasteiger partial charge in [0.05, 0.1) is 11.1 Å². The minimum Gasteiger partial charge on any atom is -0.507 e. The van der Waals surface area contributed by atoms with E-state index < -0.39 is 23.3 Å². The molecule has 6 heteroatoms. The molecule has 0 atom stereocenters. The molecule has 3 aliphatic carbocycles. The number of amides is 1. The zero-order valence-corrected chi connectivity index (χ0v) is 15.8. The molecule has 0 radical (unpaired) electrons. The molecule has 2 aromatic rings. The predicted octanol–water partition coefficient (Wildman–Crippen LogP) is 4.58. The van der Waals surface area contributed by atoms with Crippen LogP contribution in [0.25, 0.3) is 0 Å². The van der Waals surface area contributed by atoms with Crippen molar-refractivity contribution in [1.29, 1.82) is 0 Å². The monoisotopic (exact) mass is 383 g/mol. The van der Waals surface area contributed by atoms with Crippen LogP contribution in [0.5, 0.6) is 5.75 Å². The van der Waals surface area contributed by atoms with Gasteiger partial charge in [-0.25, -0.2) is 9.18 Å². The number of rotatable bonds is 3. The summed E-state index contributed by atoms with van der Waals surface area (Å²) < 4.78 is 13.9. The predicted molar refractivity (Wildman–Crippen MR) is 103 cm³/mol. The summed E-state index contributed by atoms with van der Waals surface area (Å²) in [6, 6.07) is 6.85. The van der Waals surface area contributed by atoms with Crippen molar-refractivity contribution in [3.05, 3.63) is 58.4 Å². The van der Waals surface area contributed by atoms with Crippen molar-refractivity contribution in [2.45, 2.75) is 50.4 Å². The van der Waals surface area contributed by atoms with Crippen LogP contribution in [0, 0.1) is 5.82 Å². The number of carbonyl (C=O) groups excluding carboxylic acids is 1. The number of aromatic carboxylic acids is 1. The number of phenols is 1. The van der Waals surface area contributed by atoms with Gasteiger partial charge in [0, 0.05) is 5.69 Å². The number of nitrogens with one attached hydrogen (secondary N) is 1. The molecule has 146 valence electrons. The smallest absolute Gasteiger partial charge is 0.338 e. The maximum absolute atomic E-state index is 13.9. The van der Waals surface area contributed by atoms with Gasteiger partial charge in [0.1, 0.15) is 11.6 Å². The van der Waals surface area contributed by atoms with E-state index in [1.165, 1.54) is 6.07 Å². The van der Waals surface area contributed by atoms with Crippen LogP contribution in [0.2, 0.25) is 0 Å². The van der Waals surface area contributed by atoms with Crippen molar-refractivity contribution in [1.82, 2.24) is 0 Å². The lowest BCUT2D eigenvalue weighted by Crippen LogP contribution is -2.44. The topological polar surface area (TPSA) is 86.6 Å². The molecule has 1 amide bonds. The number of halogens is 1. The lowest BCUT2D eigenvalue weighted by Gasteiger charge is -2.52. The summed E-state index contributed by atoms with van der Waals surface area (Å²) in [5.74, 6) is -2.97. The van der Waals surface area contributed by atoms with E-state index in [1.54, 1.807) is 12.1 Å². The molecule has 0 heterocycles. The second kappa shape index (κ2) is 6.06. The Labute approximate surface area is 162 Å². The minimum atomic E-state index is -1.38. The van der Waals surface area contributed by atoms with Crippen LogP contribution in [-0.4, -0.2) is 22.1 Å². The summed E-state index contributed by atoms with van der Waals surface area (Å²) in [4.78, 5) is 23.6. The molecule has 5 rings (SSSR count). The Bertz CT molecular complexity index is 1010. The third-order valence-corrected chi connectivity index (χ3v) is 6.60. The maximum Gasteiger partial charge on any atom is 0.338 e. The third-order valence-electron chi connectivity index (χ3n) is 6.60. The van der Waals surface area contributed by atoms with Gasteiger partial charge in [-0.2, -0.15) is 0 Å². The van der Waals surface area contributed by atoms with E-state index >= 15 is 0 Å². The molecular weight excluding hydrogens is 361 g/mol. The summed E-state index contributed by atoms with van der Waals surface area (Å²) in [7, 11) is 0. The van der Waals surface area contributed by atoms with Crippen LogP contribution >= 0.6 is 0 Å². The van der Waals surface area contributed by atoms with Crippen molar-refractivity contribution >= 4 is 17.6 Å². The Morgan fingerprint density at radius 1 is 0.964 bits per heavy atom. The standard InChI is InChI=1S/C22H22FNO4/c1-21-5-7-22(2,8-6-21)16-11-18(25)14(10-15(16)21)19(26)24-12-3-4-13(20(27)28)17(23)9-12/h3-4,9-11,25H,5-8H2,1-2H3,(H,24,26)(H,27,28). The molecule has 2 bridgehead atoms. The highest BCUT2D eigenvalue weighted by Crippen LogP contribution is 2.57. The van der Waals surface area contributed by atoms with Gasteiger partial charge in [-0.1, -0.05) is 13.8 Å². The van der Waals surface area contributed by atoms with Gasteiger partial charge >= 0.3 is 5.97 Å². The van der Waals surface area contributed by atoms with Gasteiger partial charge in [-0.15, -0.1) is 0 Å². The van der Waals surface area contributed by atoms with Crippen molar-refractivity contribution < 1.29 is 24.2 Å². The molecule has 2 aromatic carbocycles. The lowest BCUT2D eigenvalue weighted by molar-refractivity contribution is 0.0691. The summed E-state index contributed by atoms with van der Waals surface area (Å²) in [6.45, 7) is 4.40. The van der Waals surface area contributed by atoms with Crippen LogP contribution in [-0.2, 0) is 10.8 Å². The molecule has 28 heavy (non-hydrogen) atoms. The Morgan fingerprint density at radius 3 is 2.07 bits per heavy atom. The summed E-state index contributed by atoms with van der Waals surface area (Å²) in [5, 5.41) is 21.9. The van der Waals surface area contributed by atoms with E-state index in [-0.39, 0.29) is 27.8 Å². The average molecular weight is 383 g/mol. The molecule has 0 aromatic heterocycles. The zero-order chi connectivity index (χ0) is 20.3. The second-order valence-corrected chi connectivity index (χ2v) is 8.49. The van der Waals surface area contributed by atoms with E-state index in [2.05, 4.69) is 19.2 Å². The highest BCUT2D eigenvalue weighted by Gasteiger charge is 2.48. The van der Waals surface area contributed by atoms with E-state index in [4.69, 9.17) is 5.11 Å². The molecule has 0 spiro atoms. The van der Waals surface area contributed by atoms with Crippen molar-refractivity contribution in [3.63, 3.8) is 0 Å². The van der Waals surface area contributed by atoms with Crippen molar-refractivity contribution in [2.75, 3.05) is 5.32 Å². The lowest BCUT2D eigenvalue weighted by atomic mass is 9.52. The SMILES string of the molecule is CC12CCC(C)(CC1)c1cc(C(=O)Nc3ccc(C(=O)O)c(F)c3)c(O)cc12. The summed E-state index contributed by atoms with van der Waals surface area (Å²) >= 11 is 0. The first-order valence-corrected chi connectivity index (χ1v) is 9.35. The molecule has 0 unspecified atom stereocenters. The van der Waals surface area contributed by atoms with Gasteiger partial charge < -0.3 is 15.5 Å². The molecular formula is C22H22FNO4. The van der Waals surface area contributed by atoms with Gasteiger partial charge in [0.15, 0.2) is 0 Å². The van der Waals surface area contributed by atoms with Crippen LogP contribution in [0.4, 0.5) is 10.1 Å². The van der Waals surface area contributed by atoms with Gasteiger partial charge in [0.25, 0.3) is 5.91 Å². The minimum absolute atomic E-state index is 0.00886. The molecule has 0 aliphatic heterocycles. The number of hydrogen-bond donors (Lipinski definition) is 3.